The van der Waals surface area contributed by atoms with Crippen molar-refractivity contribution in [3.05, 3.63) is 35.9 Å². The highest BCUT2D eigenvalue weighted by atomic mass is 31.2. The van der Waals surface area contributed by atoms with Crippen LogP contribution in [-0.2, 0) is 13.6 Å². The summed E-state index contributed by atoms with van der Waals surface area (Å²) >= 11 is 0. The van der Waals surface area contributed by atoms with Crippen molar-refractivity contribution in [3.8, 4) is 0 Å². The lowest BCUT2D eigenvalue weighted by atomic mass is 9.99. The third kappa shape index (κ3) is 4.24. The van der Waals surface area contributed by atoms with Gasteiger partial charge in [0.2, 0.25) is 0 Å². The largest absolute Gasteiger partial charge is 0.337 e. The molecule has 0 heterocycles. The molecule has 0 radical (unpaired) electrons. The molecule has 0 saturated heterocycles. The second-order valence-corrected chi connectivity index (χ2v) is 8.12. The predicted octanol–water partition coefficient (Wildman–Crippen LogP) is 4.65. The van der Waals surface area contributed by atoms with Gasteiger partial charge in [0.05, 0.1) is 12.3 Å². The van der Waals surface area contributed by atoms with Crippen molar-refractivity contribution in [2.24, 2.45) is 5.41 Å². The molecule has 0 amide bonds. The smallest absolute Gasteiger partial charge is 0.312 e. The van der Waals surface area contributed by atoms with Gasteiger partial charge in [-0.3, -0.25) is 4.57 Å². The van der Waals surface area contributed by atoms with Crippen molar-refractivity contribution in [1.29, 1.82) is 0 Å². The average Bonchev–Trinajstić information content (AvgIpc) is 2.35. The molecule has 2 atom stereocenters. The fourth-order valence-electron chi connectivity index (χ4n) is 1.52. The Morgan fingerprint density at radius 2 is 1.78 bits per heavy atom. The molecule has 1 rings (SSSR count). The SMILES string of the molecule is COP(=O)(OCC(C)(C)C)C(C)c1ccccc1. The molecule has 0 aliphatic rings. The first kappa shape index (κ1) is 15.4. The first-order valence-electron chi connectivity index (χ1n) is 6.13. The van der Waals surface area contributed by atoms with Crippen LogP contribution in [0.15, 0.2) is 30.3 Å². The molecule has 0 aromatic heterocycles. The van der Waals surface area contributed by atoms with E-state index in [1.54, 1.807) is 0 Å². The second kappa shape index (κ2) is 6.01. The fourth-order valence-corrected chi connectivity index (χ4v) is 3.27. The van der Waals surface area contributed by atoms with Crippen molar-refractivity contribution in [3.63, 3.8) is 0 Å². The van der Waals surface area contributed by atoms with E-state index in [1.165, 1.54) is 7.11 Å². The van der Waals surface area contributed by atoms with Crippen molar-refractivity contribution in [2.75, 3.05) is 13.7 Å². The Labute approximate surface area is 110 Å². The van der Waals surface area contributed by atoms with Crippen LogP contribution in [0.25, 0.3) is 0 Å². The lowest BCUT2D eigenvalue weighted by molar-refractivity contribution is 0.159. The zero-order chi connectivity index (χ0) is 13.8. The van der Waals surface area contributed by atoms with Crippen LogP contribution in [-0.4, -0.2) is 13.7 Å². The minimum absolute atomic E-state index is 0.0371. The molecule has 0 aliphatic heterocycles. The molecule has 3 nitrogen and oxygen atoms in total. The molecule has 0 fully saturated rings. The quantitative estimate of drug-likeness (QED) is 0.730. The van der Waals surface area contributed by atoms with Gasteiger partial charge in [-0.15, -0.1) is 0 Å². The molecule has 0 aliphatic carbocycles. The standard InChI is InChI=1S/C14H23O3P/c1-12(13-9-7-6-8-10-13)18(15,16-5)17-11-14(2,3)4/h6-10,12H,11H2,1-5H3. The number of hydrogen-bond acceptors (Lipinski definition) is 3. The van der Waals surface area contributed by atoms with Crippen LogP contribution in [0, 0.1) is 5.41 Å². The lowest BCUT2D eigenvalue weighted by Gasteiger charge is -2.27. The van der Waals surface area contributed by atoms with Gasteiger partial charge in [-0.05, 0) is 17.9 Å². The van der Waals surface area contributed by atoms with Gasteiger partial charge in [-0.2, -0.15) is 0 Å². The van der Waals surface area contributed by atoms with Crippen LogP contribution in [0.5, 0.6) is 0 Å². The highest BCUT2D eigenvalue weighted by Gasteiger charge is 2.33. The molecule has 0 bridgehead atoms. The molecule has 4 heteroatoms. The van der Waals surface area contributed by atoms with Crippen LogP contribution >= 0.6 is 7.60 Å². The van der Waals surface area contributed by atoms with Gasteiger partial charge < -0.3 is 9.05 Å². The molecule has 102 valence electrons. The Kier molecular flexibility index (Phi) is 5.15. The van der Waals surface area contributed by atoms with Gasteiger partial charge in [-0.25, -0.2) is 0 Å². The minimum atomic E-state index is -3.11. The van der Waals surface area contributed by atoms with E-state index >= 15 is 0 Å². The maximum atomic E-state index is 12.7. The third-order valence-corrected chi connectivity index (χ3v) is 4.93. The summed E-state index contributed by atoms with van der Waals surface area (Å²) in [5.74, 6) is 0. The van der Waals surface area contributed by atoms with E-state index in [9.17, 15) is 4.57 Å². The van der Waals surface area contributed by atoms with E-state index in [2.05, 4.69) is 0 Å². The molecular weight excluding hydrogens is 247 g/mol. The zero-order valence-electron chi connectivity index (χ0n) is 11.8. The first-order valence-corrected chi connectivity index (χ1v) is 7.74. The van der Waals surface area contributed by atoms with E-state index in [0.717, 1.165) is 5.56 Å². The van der Waals surface area contributed by atoms with Gasteiger partial charge in [0.1, 0.15) is 0 Å². The first-order chi connectivity index (χ1) is 8.28. The Bertz CT molecular complexity index is 409. The van der Waals surface area contributed by atoms with E-state index in [4.69, 9.17) is 9.05 Å². The van der Waals surface area contributed by atoms with Gasteiger partial charge in [0.15, 0.2) is 0 Å². The number of benzene rings is 1. The van der Waals surface area contributed by atoms with Crippen LogP contribution in [0.1, 0.15) is 38.9 Å². The molecule has 18 heavy (non-hydrogen) atoms. The van der Waals surface area contributed by atoms with Gasteiger partial charge >= 0.3 is 7.60 Å². The molecule has 1 aromatic rings. The molecule has 2 unspecified atom stereocenters. The molecular formula is C14H23O3P. The highest BCUT2D eigenvalue weighted by Crippen LogP contribution is 2.60. The Balaban J connectivity index is 2.85. The summed E-state index contributed by atoms with van der Waals surface area (Å²) in [7, 11) is -1.66. The third-order valence-electron chi connectivity index (χ3n) is 2.69. The summed E-state index contributed by atoms with van der Waals surface area (Å²) in [6.45, 7) is 8.41. The topological polar surface area (TPSA) is 35.5 Å². The predicted molar refractivity (Wildman–Crippen MR) is 74.9 cm³/mol. The van der Waals surface area contributed by atoms with E-state index in [0.29, 0.717) is 6.61 Å². The summed E-state index contributed by atoms with van der Waals surface area (Å²) in [6.07, 6.45) is 0. The van der Waals surface area contributed by atoms with Crippen LogP contribution < -0.4 is 0 Å². The lowest BCUT2D eigenvalue weighted by Crippen LogP contribution is -2.15. The van der Waals surface area contributed by atoms with Gasteiger partial charge in [0, 0.05) is 7.11 Å². The second-order valence-electron chi connectivity index (χ2n) is 5.64. The van der Waals surface area contributed by atoms with Crippen molar-refractivity contribution in [1.82, 2.24) is 0 Å². The molecule has 0 N–H and O–H groups in total. The van der Waals surface area contributed by atoms with E-state index in [-0.39, 0.29) is 11.1 Å². The zero-order valence-corrected chi connectivity index (χ0v) is 12.7. The fraction of sp³-hybridized carbons (Fsp3) is 0.571. The van der Waals surface area contributed by atoms with Crippen LogP contribution in [0.4, 0.5) is 0 Å². The Morgan fingerprint density at radius 3 is 2.22 bits per heavy atom. The monoisotopic (exact) mass is 270 g/mol. The minimum Gasteiger partial charge on any atom is -0.312 e. The Morgan fingerprint density at radius 1 is 1.22 bits per heavy atom. The normalized spacial score (nSPS) is 17.2. The van der Waals surface area contributed by atoms with Gasteiger partial charge in [0.25, 0.3) is 0 Å². The summed E-state index contributed by atoms with van der Waals surface area (Å²) in [5.41, 5.74) is 0.674. The summed E-state index contributed by atoms with van der Waals surface area (Å²) in [6, 6.07) is 9.67. The maximum Gasteiger partial charge on any atom is 0.337 e. The number of rotatable bonds is 5. The average molecular weight is 270 g/mol. The number of hydrogen-bond donors (Lipinski definition) is 0. The molecule has 0 spiro atoms. The van der Waals surface area contributed by atoms with Crippen LogP contribution in [0.3, 0.4) is 0 Å². The van der Waals surface area contributed by atoms with E-state index < -0.39 is 7.60 Å². The van der Waals surface area contributed by atoms with E-state index in [1.807, 2.05) is 58.0 Å². The molecule has 0 saturated carbocycles. The van der Waals surface area contributed by atoms with Crippen molar-refractivity contribution >= 4 is 7.60 Å². The van der Waals surface area contributed by atoms with Crippen molar-refractivity contribution < 1.29 is 13.6 Å². The summed E-state index contributed by atoms with van der Waals surface area (Å²) in [5, 5.41) is 0. The molecule has 1 aromatic carbocycles. The van der Waals surface area contributed by atoms with Gasteiger partial charge in [-0.1, -0.05) is 51.1 Å². The summed E-state index contributed by atoms with van der Waals surface area (Å²) in [4.78, 5) is 0. The summed E-state index contributed by atoms with van der Waals surface area (Å²) < 4.78 is 23.5. The van der Waals surface area contributed by atoms with Crippen molar-refractivity contribution in [2.45, 2.75) is 33.4 Å². The maximum absolute atomic E-state index is 12.7. The Hall–Kier alpha value is -0.630. The highest BCUT2D eigenvalue weighted by molar-refractivity contribution is 7.54. The van der Waals surface area contributed by atoms with Crippen LogP contribution in [0.2, 0.25) is 0 Å².